The molecule has 2 N–H and O–H groups in total. The van der Waals surface area contributed by atoms with Gasteiger partial charge in [-0.25, -0.2) is 0 Å². The van der Waals surface area contributed by atoms with E-state index >= 15 is 0 Å². The van der Waals surface area contributed by atoms with Crippen molar-refractivity contribution in [1.82, 2.24) is 25.0 Å². The van der Waals surface area contributed by atoms with Gasteiger partial charge in [-0.1, -0.05) is 42.0 Å². The van der Waals surface area contributed by atoms with Crippen LogP contribution < -0.4 is 10.6 Å². The molecular formula is C38H38ClN7O4S. The number of aryl methyl sites for hydroxylation is 2. The van der Waals surface area contributed by atoms with Crippen LogP contribution >= 0.6 is 22.9 Å². The Labute approximate surface area is 304 Å². The molecule has 0 bridgehead atoms. The number of anilines is 1. The topological polar surface area (TPSA) is 139 Å². The van der Waals surface area contributed by atoms with Crippen molar-refractivity contribution < 1.29 is 19.2 Å². The Morgan fingerprint density at radius 2 is 1.76 bits per heavy atom. The second kappa shape index (κ2) is 14.0. The number of nitrogens with zero attached hydrogens (tertiary/aromatic N) is 5. The molecule has 51 heavy (non-hydrogen) atoms. The van der Waals surface area contributed by atoms with Gasteiger partial charge in [0, 0.05) is 46.2 Å². The number of aliphatic imine (C=N–C) groups is 1. The standard InChI is InChI=1S/C38H38ClN7O4S/c1-20-10-15-29(30(47)18-20)46-36(49)26-8-7-9-27(33(26)37(46)50)40-16-5-6-17-41-31(48)19-28-35-44-43-23(4)45(35)38-32(21(2)22(3)51-38)34(42-28)24-11-13-25(39)14-12-24/h7-9,11-14,28-29,40H,1,5-6,10,15-19H2,2-4H3,(H,41,48)/t28-,29?/m0/s1. The van der Waals surface area contributed by atoms with E-state index in [9.17, 15) is 19.2 Å². The predicted octanol–water partition coefficient (Wildman–Crippen LogP) is 6.47. The van der Waals surface area contributed by atoms with Gasteiger partial charge in [-0.2, -0.15) is 0 Å². The average Bonchev–Trinajstić information content (AvgIpc) is 3.68. The molecule has 1 aliphatic carbocycles. The summed E-state index contributed by atoms with van der Waals surface area (Å²) in [5, 5.41) is 16.8. The highest BCUT2D eigenvalue weighted by Crippen LogP contribution is 2.40. The first kappa shape index (κ1) is 34.5. The van der Waals surface area contributed by atoms with Crippen molar-refractivity contribution in [2.75, 3.05) is 18.4 Å². The maximum absolute atomic E-state index is 13.4. The van der Waals surface area contributed by atoms with Crippen molar-refractivity contribution in [3.05, 3.63) is 104 Å². The van der Waals surface area contributed by atoms with Gasteiger partial charge in [0.15, 0.2) is 11.6 Å². The number of unbranched alkanes of at least 4 members (excludes halogenated alkanes) is 1. The summed E-state index contributed by atoms with van der Waals surface area (Å²) >= 11 is 7.88. The van der Waals surface area contributed by atoms with Crippen molar-refractivity contribution in [3.63, 3.8) is 0 Å². The molecular weight excluding hydrogens is 686 g/mol. The van der Waals surface area contributed by atoms with Crippen LogP contribution in [-0.4, -0.2) is 68.0 Å². The van der Waals surface area contributed by atoms with E-state index in [4.69, 9.17) is 16.6 Å². The maximum atomic E-state index is 13.4. The van der Waals surface area contributed by atoms with Crippen molar-refractivity contribution in [3.8, 4) is 5.00 Å². The minimum Gasteiger partial charge on any atom is -0.384 e. The summed E-state index contributed by atoms with van der Waals surface area (Å²) in [7, 11) is 0. The maximum Gasteiger partial charge on any atom is 0.264 e. The highest BCUT2D eigenvalue weighted by atomic mass is 35.5. The Kier molecular flexibility index (Phi) is 9.47. The molecule has 11 nitrogen and oxygen atoms in total. The number of Topliss-reactive ketones (excluding diaryl/α,β-unsaturated/α-hetero) is 1. The number of rotatable bonds is 10. The average molecular weight is 724 g/mol. The number of hydrogen-bond acceptors (Lipinski definition) is 9. The van der Waals surface area contributed by atoms with Crippen LogP contribution in [0.25, 0.3) is 5.00 Å². The Morgan fingerprint density at radius 3 is 2.53 bits per heavy atom. The lowest BCUT2D eigenvalue weighted by atomic mass is 9.89. The molecule has 4 heterocycles. The molecule has 4 aromatic rings. The molecule has 2 atom stereocenters. The minimum absolute atomic E-state index is 0.0981. The van der Waals surface area contributed by atoms with Gasteiger partial charge >= 0.3 is 0 Å². The zero-order valence-corrected chi connectivity index (χ0v) is 30.3. The van der Waals surface area contributed by atoms with Gasteiger partial charge in [0.05, 0.1) is 29.3 Å². The molecule has 3 amide bonds. The number of benzene rings is 2. The molecule has 2 aromatic heterocycles. The first-order valence-electron chi connectivity index (χ1n) is 17.1. The second-order valence-electron chi connectivity index (χ2n) is 13.2. The number of imide groups is 1. The monoisotopic (exact) mass is 723 g/mol. The van der Waals surface area contributed by atoms with E-state index < -0.39 is 23.9 Å². The molecule has 2 aromatic carbocycles. The van der Waals surface area contributed by atoms with Gasteiger partial charge in [-0.15, -0.1) is 21.5 Å². The molecule has 7 rings (SSSR count). The molecule has 3 aliphatic rings. The summed E-state index contributed by atoms with van der Waals surface area (Å²) in [5.74, 6) is 0.184. The highest BCUT2D eigenvalue weighted by Gasteiger charge is 2.44. The largest absolute Gasteiger partial charge is 0.384 e. The third kappa shape index (κ3) is 6.42. The molecule has 13 heteroatoms. The van der Waals surface area contributed by atoms with E-state index in [2.05, 4.69) is 41.3 Å². The van der Waals surface area contributed by atoms with Crippen LogP contribution in [0.4, 0.5) is 5.69 Å². The molecule has 0 radical (unpaired) electrons. The van der Waals surface area contributed by atoms with Crippen LogP contribution in [0.2, 0.25) is 5.02 Å². The summed E-state index contributed by atoms with van der Waals surface area (Å²) < 4.78 is 2.03. The summed E-state index contributed by atoms with van der Waals surface area (Å²) in [4.78, 5) is 60.2. The van der Waals surface area contributed by atoms with Gasteiger partial charge in [-0.05, 0) is 76.3 Å². The van der Waals surface area contributed by atoms with Crippen LogP contribution in [-0.2, 0) is 9.59 Å². The second-order valence-corrected chi connectivity index (χ2v) is 14.9. The highest BCUT2D eigenvalue weighted by molar-refractivity contribution is 7.15. The fourth-order valence-corrected chi connectivity index (χ4v) is 8.38. The van der Waals surface area contributed by atoms with E-state index in [0.717, 1.165) is 43.7 Å². The number of carbonyl (C=O) groups excluding carboxylic acids is 4. The molecule has 2 aliphatic heterocycles. The number of hydrogen-bond donors (Lipinski definition) is 2. The molecule has 1 fully saturated rings. The number of ketones is 1. The molecule has 1 unspecified atom stereocenters. The van der Waals surface area contributed by atoms with Gasteiger partial charge < -0.3 is 10.6 Å². The van der Waals surface area contributed by atoms with Crippen LogP contribution in [0, 0.1) is 20.8 Å². The fraction of sp³-hybridized carbons (Fsp3) is 0.342. The molecule has 1 saturated carbocycles. The molecule has 0 spiro atoms. The Bertz CT molecular complexity index is 2130. The zero-order valence-electron chi connectivity index (χ0n) is 28.7. The van der Waals surface area contributed by atoms with Gasteiger partial charge in [-0.3, -0.25) is 33.6 Å². The summed E-state index contributed by atoms with van der Waals surface area (Å²) in [6.07, 6.45) is 2.69. The van der Waals surface area contributed by atoms with E-state index in [0.29, 0.717) is 66.4 Å². The number of nitrogens with one attached hydrogen (secondary N) is 2. The number of fused-ring (bicyclic) bond motifs is 4. The normalized spacial score (nSPS) is 18.3. The Hall–Kier alpha value is -4.94. The molecule has 262 valence electrons. The number of amides is 3. The number of allylic oxidation sites excluding steroid dienone is 1. The zero-order chi connectivity index (χ0) is 36.0. The first-order chi connectivity index (χ1) is 24.5. The van der Waals surface area contributed by atoms with Crippen molar-refractivity contribution >= 4 is 57.8 Å². The lowest BCUT2D eigenvalue weighted by Gasteiger charge is -2.29. The Balaban J connectivity index is 0.983. The number of halogens is 1. The predicted molar refractivity (Wildman–Crippen MR) is 197 cm³/mol. The molecule has 0 saturated heterocycles. The summed E-state index contributed by atoms with van der Waals surface area (Å²) in [5.41, 5.74) is 5.84. The third-order valence-electron chi connectivity index (χ3n) is 9.80. The van der Waals surface area contributed by atoms with E-state index in [-0.39, 0.29) is 24.5 Å². The Morgan fingerprint density at radius 1 is 1.00 bits per heavy atom. The van der Waals surface area contributed by atoms with Gasteiger partial charge in [0.25, 0.3) is 11.8 Å². The third-order valence-corrected chi connectivity index (χ3v) is 11.2. The van der Waals surface area contributed by atoms with Crippen LogP contribution in [0.5, 0.6) is 0 Å². The van der Waals surface area contributed by atoms with E-state index in [1.165, 1.54) is 4.88 Å². The number of carbonyl (C=O) groups is 4. The van der Waals surface area contributed by atoms with Crippen LogP contribution in [0.15, 0.2) is 59.6 Å². The fourth-order valence-electron chi connectivity index (χ4n) is 7.04. The minimum atomic E-state index is -0.756. The van der Waals surface area contributed by atoms with E-state index in [1.54, 1.807) is 29.5 Å². The summed E-state index contributed by atoms with van der Waals surface area (Å²) in [6.45, 7) is 11.0. The van der Waals surface area contributed by atoms with Crippen LogP contribution in [0.1, 0.15) is 98.5 Å². The first-order valence-corrected chi connectivity index (χ1v) is 18.3. The quantitative estimate of drug-likeness (QED) is 0.109. The van der Waals surface area contributed by atoms with Gasteiger partial charge in [0.1, 0.15) is 16.9 Å². The lowest BCUT2D eigenvalue weighted by molar-refractivity contribution is -0.123. The van der Waals surface area contributed by atoms with Gasteiger partial charge in [0.2, 0.25) is 5.91 Å². The number of thiophene rings is 1. The summed E-state index contributed by atoms with van der Waals surface area (Å²) in [6, 6.07) is 11.4. The van der Waals surface area contributed by atoms with E-state index in [1.807, 2.05) is 35.8 Å². The van der Waals surface area contributed by atoms with Crippen molar-refractivity contribution in [1.29, 1.82) is 0 Å². The van der Waals surface area contributed by atoms with Crippen molar-refractivity contribution in [2.24, 2.45) is 4.99 Å². The van der Waals surface area contributed by atoms with Crippen LogP contribution in [0.3, 0.4) is 0 Å². The van der Waals surface area contributed by atoms with Crippen molar-refractivity contribution in [2.45, 2.75) is 71.4 Å². The lowest BCUT2D eigenvalue weighted by Crippen LogP contribution is -2.46. The SMILES string of the molecule is C=C1CCC(N2C(=O)c3cccc(NCCCCNC(=O)C[C@@H]4N=C(c5ccc(Cl)cc5)c5c(sc(C)c5C)-n5c(C)nnc54)c3C2=O)C(=O)C1. The smallest absolute Gasteiger partial charge is 0.264 e. The number of aromatic nitrogens is 3.